The number of fused-ring (bicyclic) bond motifs is 3. The van der Waals surface area contributed by atoms with E-state index in [1.54, 1.807) is 6.07 Å². The van der Waals surface area contributed by atoms with Crippen LogP contribution >= 0.6 is 0 Å². The standard InChI is InChI=1S/C37H33N2OSi.C15H15FN.Ir/c1-37(2,3)27-14-12-24(13-15-27)26-20-21-39-32(22-26)29-18-19-33(41(4,5)6)34-30-17-16-28(25-10-8-7-9-11-25)31(23-38)35(30)40-36(29)34;1-15(2,3)12-6-9-14(17-10-12)11-4-7-13(16)8-5-11;/h7-17,19-22H,1-6H3;4,6-10H,1-3H3;/q2*-1;. The number of furan rings is 1. The Labute approximate surface area is 362 Å². The van der Waals surface area contributed by atoms with Gasteiger partial charge in [0.1, 0.15) is 17.2 Å². The van der Waals surface area contributed by atoms with Gasteiger partial charge >= 0.3 is 0 Å². The minimum atomic E-state index is -1.79. The number of nitrogens with zero attached hydrogens (tertiary/aromatic N) is 3. The third kappa shape index (κ3) is 9.22. The number of hydrogen-bond donors (Lipinski definition) is 0. The van der Waals surface area contributed by atoms with E-state index >= 15 is 0 Å². The number of benzene rings is 5. The van der Waals surface area contributed by atoms with Gasteiger partial charge in [-0.2, -0.15) is 5.26 Å². The second kappa shape index (κ2) is 17.0. The molecule has 8 rings (SSSR count). The molecule has 0 bridgehead atoms. The summed E-state index contributed by atoms with van der Waals surface area (Å²) in [7, 11) is -1.79. The number of halogens is 1. The molecule has 0 saturated carbocycles. The molecule has 0 aliphatic carbocycles. The summed E-state index contributed by atoms with van der Waals surface area (Å²) in [5.74, 6) is -0.278. The summed E-state index contributed by atoms with van der Waals surface area (Å²) in [5, 5.41) is 13.6. The first-order valence-electron chi connectivity index (χ1n) is 19.6. The Morgan fingerprint density at radius 1 is 0.678 bits per heavy atom. The Balaban J connectivity index is 0.000000273. The molecule has 0 aliphatic heterocycles. The topological polar surface area (TPSA) is 62.7 Å². The van der Waals surface area contributed by atoms with E-state index in [2.05, 4.69) is 139 Å². The summed E-state index contributed by atoms with van der Waals surface area (Å²) in [6.45, 7) is 20.1. The van der Waals surface area contributed by atoms with Crippen molar-refractivity contribution in [2.24, 2.45) is 0 Å². The van der Waals surface area contributed by atoms with Gasteiger partial charge in [0.2, 0.25) is 0 Å². The molecule has 0 saturated heterocycles. The number of aromatic nitrogens is 2. The van der Waals surface area contributed by atoms with Crippen LogP contribution in [0.4, 0.5) is 4.39 Å². The van der Waals surface area contributed by atoms with E-state index in [-0.39, 0.29) is 36.8 Å². The molecule has 0 amide bonds. The van der Waals surface area contributed by atoms with Gasteiger partial charge in [-0.1, -0.05) is 157 Å². The predicted molar refractivity (Wildman–Crippen MR) is 240 cm³/mol. The molecular formula is C52H48FIrN3OSi-2. The van der Waals surface area contributed by atoms with E-state index < -0.39 is 8.07 Å². The number of pyridine rings is 2. The summed E-state index contributed by atoms with van der Waals surface area (Å²) < 4.78 is 19.5. The maximum atomic E-state index is 12.8. The van der Waals surface area contributed by atoms with Gasteiger partial charge in [-0.25, -0.2) is 0 Å². The van der Waals surface area contributed by atoms with Crippen molar-refractivity contribution in [2.45, 2.75) is 72.0 Å². The van der Waals surface area contributed by atoms with Crippen LogP contribution in [-0.2, 0) is 30.9 Å². The Kier molecular flexibility index (Phi) is 12.4. The van der Waals surface area contributed by atoms with Crippen molar-refractivity contribution in [1.82, 2.24) is 9.97 Å². The number of hydrogen-bond acceptors (Lipinski definition) is 4. The smallest absolute Gasteiger partial charge is 0.139 e. The van der Waals surface area contributed by atoms with Gasteiger partial charge in [-0.3, -0.25) is 4.39 Å². The van der Waals surface area contributed by atoms with Crippen molar-refractivity contribution in [1.29, 1.82) is 5.26 Å². The summed E-state index contributed by atoms with van der Waals surface area (Å²) in [5.41, 5.74) is 12.0. The summed E-state index contributed by atoms with van der Waals surface area (Å²) >= 11 is 0. The maximum Gasteiger partial charge on any atom is 0.139 e. The van der Waals surface area contributed by atoms with Gasteiger partial charge in [-0.15, -0.1) is 47.1 Å². The van der Waals surface area contributed by atoms with Crippen LogP contribution in [0.3, 0.4) is 0 Å². The minimum Gasteiger partial charge on any atom is -0.499 e. The van der Waals surface area contributed by atoms with Crippen molar-refractivity contribution in [3.05, 3.63) is 162 Å². The quantitative estimate of drug-likeness (QED) is 0.127. The van der Waals surface area contributed by atoms with E-state index in [9.17, 15) is 9.65 Å². The average Bonchev–Trinajstić information content (AvgIpc) is 3.60. The molecule has 4 nitrogen and oxygen atoms in total. The van der Waals surface area contributed by atoms with Crippen LogP contribution in [0.5, 0.6) is 0 Å². The molecule has 0 spiro atoms. The third-order valence-electron chi connectivity index (χ3n) is 10.5. The Morgan fingerprint density at radius 2 is 1.37 bits per heavy atom. The molecule has 1 radical (unpaired) electrons. The zero-order valence-corrected chi connectivity index (χ0v) is 38.5. The van der Waals surface area contributed by atoms with Gasteiger partial charge in [-0.05, 0) is 56.1 Å². The van der Waals surface area contributed by atoms with E-state index in [0.717, 1.165) is 61.1 Å². The van der Waals surface area contributed by atoms with Crippen LogP contribution in [0.2, 0.25) is 19.6 Å². The molecular weight excluding hydrogens is 922 g/mol. The SMILES string of the molecule is CC(C)(C)c1ccc(-c2[c-]cc(F)cc2)nc1.CC(C)(C)c1ccc(-c2ccnc(-c3[c-]cc([Si](C)(C)C)c4c3oc3c(C#N)c(-c5ccccc5)ccc34)c2)cc1.[Ir]. The van der Waals surface area contributed by atoms with Gasteiger partial charge < -0.3 is 14.4 Å². The summed E-state index contributed by atoms with van der Waals surface area (Å²) in [6.07, 6.45) is 3.72. The average molecular weight is 970 g/mol. The van der Waals surface area contributed by atoms with E-state index in [4.69, 9.17) is 9.40 Å². The third-order valence-corrected chi connectivity index (χ3v) is 12.5. The molecule has 5 aromatic carbocycles. The van der Waals surface area contributed by atoms with Gasteiger partial charge in [0.25, 0.3) is 0 Å². The second-order valence-corrected chi connectivity index (χ2v) is 22.9. The van der Waals surface area contributed by atoms with Crippen LogP contribution < -0.4 is 5.19 Å². The fourth-order valence-corrected chi connectivity index (χ4v) is 8.61. The normalized spacial score (nSPS) is 11.7. The molecule has 299 valence electrons. The molecule has 3 heterocycles. The Hall–Kier alpha value is -5.51. The van der Waals surface area contributed by atoms with E-state index in [0.29, 0.717) is 11.1 Å². The summed E-state index contributed by atoms with van der Waals surface area (Å²) in [4.78, 5) is 9.16. The molecule has 3 aromatic heterocycles. The Bertz CT molecular complexity index is 2770. The molecule has 0 aliphatic rings. The molecule has 0 atom stereocenters. The van der Waals surface area contributed by atoms with Crippen molar-refractivity contribution in [3.63, 3.8) is 0 Å². The number of nitriles is 1. The van der Waals surface area contributed by atoms with Crippen LogP contribution in [-0.4, -0.2) is 18.0 Å². The molecule has 0 N–H and O–H groups in total. The summed E-state index contributed by atoms with van der Waals surface area (Å²) in [6, 6.07) is 46.6. The fourth-order valence-electron chi connectivity index (χ4n) is 7.11. The zero-order chi connectivity index (χ0) is 41.4. The van der Waals surface area contributed by atoms with Crippen LogP contribution in [0.15, 0.2) is 132 Å². The minimum absolute atomic E-state index is 0. The molecule has 7 heteroatoms. The van der Waals surface area contributed by atoms with Crippen LogP contribution in [0.25, 0.3) is 66.7 Å². The van der Waals surface area contributed by atoms with Crippen molar-refractivity contribution < 1.29 is 28.9 Å². The molecule has 59 heavy (non-hydrogen) atoms. The van der Waals surface area contributed by atoms with E-state index in [1.165, 1.54) is 28.4 Å². The van der Waals surface area contributed by atoms with Crippen molar-refractivity contribution >= 4 is 35.2 Å². The first-order chi connectivity index (χ1) is 27.5. The van der Waals surface area contributed by atoms with Crippen molar-refractivity contribution in [2.75, 3.05) is 0 Å². The first-order valence-corrected chi connectivity index (χ1v) is 23.1. The van der Waals surface area contributed by atoms with Crippen molar-refractivity contribution in [3.8, 4) is 50.8 Å². The maximum absolute atomic E-state index is 12.8. The largest absolute Gasteiger partial charge is 0.499 e. The second-order valence-electron chi connectivity index (χ2n) is 17.8. The first kappa shape index (κ1) is 43.1. The van der Waals surface area contributed by atoms with Gasteiger partial charge in [0, 0.05) is 57.3 Å². The van der Waals surface area contributed by atoms with Crippen LogP contribution in [0.1, 0.15) is 58.2 Å². The molecule has 0 unspecified atom stereocenters. The predicted octanol–water partition coefficient (Wildman–Crippen LogP) is 13.5. The molecule has 0 fully saturated rings. The van der Waals surface area contributed by atoms with Crippen LogP contribution in [0, 0.1) is 29.3 Å². The molecule has 8 aromatic rings. The van der Waals surface area contributed by atoms with Gasteiger partial charge in [0.05, 0.1) is 5.58 Å². The monoisotopic (exact) mass is 970 g/mol. The zero-order valence-electron chi connectivity index (χ0n) is 35.1. The van der Waals surface area contributed by atoms with Gasteiger partial charge in [0.15, 0.2) is 0 Å². The number of rotatable bonds is 5. The Morgan fingerprint density at radius 3 is 1.97 bits per heavy atom. The van der Waals surface area contributed by atoms with E-state index in [1.807, 2.05) is 54.9 Å². The fraction of sp³-hybridized carbons (Fsp3) is 0.212.